The van der Waals surface area contributed by atoms with Crippen molar-refractivity contribution >= 4 is 5.97 Å². The summed E-state index contributed by atoms with van der Waals surface area (Å²) in [7, 11) is 0. The Kier molecular flexibility index (Phi) is 4.93. The van der Waals surface area contributed by atoms with Crippen molar-refractivity contribution in [2.45, 2.75) is 26.7 Å². The maximum Gasteiger partial charge on any atom is 0.330 e. The predicted molar refractivity (Wildman–Crippen MR) is 44.1 cm³/mol. The summed E-state index contributed by atoms with van der Waals surface area (Å²) in [6.45, 7) is 3.36. The van der Waals surface area contributed by atoms with E-state index in [1.165, 1.54) is 0 Å². The lowest BCUT2D eigenvalue weighted by Gasteiger charge is -1.89. The van der Waals surface area contributed by atoms with Crippen molar-refractivity contribution in [2.75, 3.05) is 0 Å². The molecule has 0 spiro atoms. The van der Waals surface area contributed by atoms with Crippen LogP contribution in [-0.2, 0) is 4.79 Å². The van der Waals surface area contributed by atoms with Crippen molar-refractivity contribution in [3.05, 3.63) is 11.6 Å². The summed E-state index contributed by atoms with van der Waals surface area (Å²) in [6.07, 6.45) is 3.15. The third kappa shape index (κ3) is 5.23. The van der Waals surface area contributed by atoms with Gasteiger partial charge in [0.15, 0.2) is 0 Å². The van der Waals surface area contributed by atoms with E-state index in [-0.39, 0.29) is 0 Å². The van der Waals surface area contributed by atoms with Gasteiger partial charge in [0, 0.05) is 12.0 Å². The highest BCUT2D eigenvalue weighted by molar-refractivity contribution is 5.85. The molecule has 0 saturated heterocycles. The van der Waals surface area contributed by atoms with Crippen LogP contribution < -0.4 is 0 Å². The molecule has 0 saturated carbocycles. The van der Waals surface area contributed by atoms with Crippen molar-refractivity contribution in [1.82, 2.24) is 0 Å². The minimum atomic E-state index is -0.852. The molecular formula is C9H12O2. The van der Waals surface area contributed by atoms with Gasteiger partial charge in [-0.25, -0.2) is 4.79 Å². The Morgan fingerprint density at radius 1 is 1.64 bits per heavy atom. The van der Waals surface area contributed by atoms with Crippen LogP contribution in [0.3, 0.4) is 0 Å². The first-order valence-electron chi connectivity index (χ1n) is 3.48. The van der Waals surface area contributed by atoms with Crippen molar-refractivity contribution in [3.8, 4) is 11.8 Å². The minimum Gasteiger partial charge on any atom is -0.478 e. The Morgan fingerprint density at radius 2 is 2.27 bits per heavy atom. The number of hydrogen-bond acceptors (Lipinski definition) is 1. The van der Waals surface area contributed by atoms with Gasteiger partial charge in [-0.2, -0.15) is 0 Å². The van der Waals surface area contributed by atoms with Gasteiger partial charge < -0.3 is 5.11 Å². The zero-order valence-electron chi connectivity index (χ0n) is 6.85. The minimum absolute atomic E-state index is 0.392. The summed E-state index contributed by atoms with van der Waals surface area (Å²) in [6, 6.07) is 0. The largest absolute Gasteiger partial charge is 0.478 e. The molecule has 0 atom stereocenters. The SMILES string of the molecule is CC#CCC/C=C(\C)C(=O)O. The predicted octanol–water partition coefficient (Wildman–Crippen LogP) is 1.82. The smallest absolute Gasteiger partial charge is 0.330 e. The number of aliphatic carboxylic acids is 1. The van der Waals surface area contributed by atoms with Gasteiger partial charge in [0.25, 0.3) is 0 Å². The third-order valence-corrected chi connectivity index (χ3v) is 1.23. The number of carbonyl (C=O) groups is 1. The van der Waals surface area contributed by atoms with E-state index < -0.39 is 5.97 Å². The van der Waals surface area contributed by atoms with E-state index in [1.807, 2.05) is 0 Å². The molecule has 0 aromatic rings. The van der Waals surface area contributed by atoms with E-state index in [1.54, 1.807) is 19.9 Å². The summed E-state index contributed by atoms with van der Waals surface area (Å²) in [5.74, 6) is 4.75. The van der Waals surface area contributed by atoms with E-state index in [9.17, 15) is 4.79 Å². The molecule has 0 bridgehead atoms. The first-order valence-corrected chi connectivity index (χ1v) is 3.48. The van der Waals surface area contributed by atoms with Gasteiger partial charge in [0.2, 0.25) is 0 Å². The first-order chi connectivity index (χ1) is 5.18. The van der Waals surface area contributed by atoms with Gasteiger partial charge in [-0.3, -0.25) is 0 Å². The molecule has 0 fully saturated rings. The molecule has 11 heavy (non-hydrogen) atoms. The quantitative estimate of drug-likeness (QED) is 0.380. The summed E-state index contributed by atoms with van der Waals surface area (Å²) >= 11 is 0. The zero-order valence-corrected chi connectivity index (χ0v) is 6.85. The maximum atomic E-state index is 10.3. The monoisotopic (exact) mass is 152 g/mol. The standard InChI is InChI=1S/C9H12O2/c1-3-4-5-6-7-8(2)9(10)11/h7H,5-6H2,1-2H3,(H,10,11)/b8-7+. The molecule has 0 aliphatic rings. The molecule has 0 rings (SSSR count). The van der Waals surface area contributed by atoms with Crippen molar-refractivity contribution < 1.29 is 9.90 Å². The van der Waals surface area contributed by atoms with E-state index in [0.717, 1.165) is 12.8 Å². The van der Waals surface area contributed by atoms with Crippen LogP contribution in [0.1, 0.15) is 26.7 Å². The second-order valence-electron chi connectivity index (χ2n) is 2.16. The molecular weight excluding hydrogens is 140 g/mol. The Balaban J connectivity index is 3.71. The normalized spacial score (nSPS) is 10.2. The van der Waals surface area contributed by atoms with Crippen molar-refractivity contribution in [2.24, 2.45) is 0 Å². The van der Waals surface area contributed by atoms with Crippen LogP contribution in [0.5, 0.6) is 0 Å². The highest BCUT2D eigenvalue weighted by atomic mass is 16.4. The van der Waals surface area contributed by atoms with Crippen LogP contribution in [0.15, 0.2) is 11.6 Å². The second-order valence-corrected chi connectivity index (χ2v) is 2.16. The molecule has 0 aromatic carbocycles. The fraction of sp³-hybridized carbons (Fsp3) is 0.444. The average molecular weight is 152 g/mol. The van der Waals surface area contributed by atoms with Gasteiger partial charge in [-0.1, -0.05) is 6.08 Å². The lowest BCUT2D eigenvalue weighted by atomic mass is 10.2. The number of hydrogen-bond donors (Lipinski definition) is 1. The van der Waals surface area contributed by atoms with Gasteiger partial charge in [0.1, 0.15) is 0 Å². The van der Waals surface area contributed by atoms with E-state index >= 15 is 0 Å². The highest BCUT2D eigenvalue weighted by Gasteiger charge is 1.96. The van der Waals surface area contributed by atoms with E-state index in [0.29, 0.717) is 5.57 Å². The van der Waals surface area contributed by atoms with Crippen LogP contribution in [0.4, 0.5) is 0 Å². The summed E-state index contributed by atoms with van der Waals surface area (Å²) in [4.78, 5) is 10.3. The molecule has 0 aromatic heterocycles. The number of rotatable bonds is 3. The van der Waals surface area contributed by atoms with Crippen molar-refractivity contribution in [1.29, 1.82) is 0 Å². The first kappa shape index (κ1) is 9.77. The van der Waals surface area contributed by atoms with E-state index in [2.05, 4.69) is 11.8 Å². The molecule has 0 heterocycles. The molecule has 0 aliphatic heterocycles. The average Bonchev–Trinajstić information content (AvgIpc) is 1.97. The molecule has 0 unspecified atom stereocenters. The third-order valence-electron chi connectivity index (χ3n) is 1.23. The number of carboxylic acid groups (broad SMARTS) is 1. The summed E-state index contributed by atoms with van der Waals surface area (Å²) in [5.41, 5.74) is 0.392. The van der Waals surface area contributed by atoms with Crippen LogP contribution in [0.25, 0.3) is 0 Å². The lowest BCUT2D eigenvalue weighted by molar-refractivity contribution is -0.132. The highest BCUT2D eigenvalue weighted by Crippen LogP contribution is 1.97. The van der Waals surface area contributed by atoms with Crippen LogP contribution in [0, 0.1) is 11.8 Å². The van der Waals surface area contributed by atoms with Gasteiger partial charge in [-0.05, 0) is 20.3 Å². The number of allylic oxidation sites excluding steroid dienone is 1. The summed E-state index contributed by atoms with van der Waals surface area (Å²) in [5, 5.41) is 8.43. The molecule has 0 aliphatic carbocycles. The molecule has 2 nitrogen and oxygen atoms in total. The Bertz CT molecular complexity index is 215. The van der Waals surface area contributed by atoms with Crippen LogP contribution >= 0.6 is 0 Å². The van der Waals surface area contributed by atoms with Crippen LogP contribution in [0.2, 0.25) is 0 Å². The second kappa shape index (κ2) is 5.55. The zero-order chi connectivity index (χ0) is 8.69. The molecule has 2 heteroatoms. The molecule has 0 radical (unpaired) electrons. The van der Waals surface area contributed by atoms with E-state index in [4.69, 9.17) is 5.11 Å². The maximum absolute atomic E-state index is 10.3. The Morgan fingerprint density at radius 3 is 2.73 bits per heavy atom. The van der Waals surface area contributed by atoms with Crippen LogP contribution in [-0.4, -0.2) is 11.1 Å². The number of unbranched alkanes of at least 4 members (excludes halogenated alkanes) is 1. The Labute approximate surface area is 66.9 Å². The van der Waals surface area contributed by atoms with Gasteiger partial charge in [-0.15, -0.1) is 11.8 Å². The molecule has 1 N–H and O–H groups in total. The van der Waals surface area contributed by atoms with Gasteiger partial charge in [0.05, 0.1) is 0 Å². The molecule has 0 amide bonds. The van der Waals surface area contributed by atoms with Crippen molar-refractivity contribution in [3.63, 3.8) is 0 Å². The molecule has 60 valence electrons. The lowest BCUT2D eigenvalue weighted by Crippen LogP contribution is -1.95. The Hall–Kier alpha value is -1.23. The van der Waals surface area contributed by atoms with Gasteiger partial charge >= 0.3 is 5.97 Å². The summed E-state index contributed by atoms with van der Waals surface area (Å²) < 4.78 is 0. The fourth-order valence-electron chi connectivity index (χ4n) is 0.573. The topological polar surface area (TPSA) is 37.3 Å². The fourth-order valence-corrected chi connectivity index (χ4v) is 0.573. The number of carboxylic acids is 1.